The minimum atomic E-state index is 0.837. The van der Waals surface area contributed by atoms with Gasteiger partial charge in [-0.3, -0.25) is 0 Å². The van der Waals surface area contributed by atoms with Crippen LogP contribution in [0.4, 0.5) is 0 Å². The Balaban J connectivity index is 1.91. The van der Waals surface area contributed by atoms with Crippen LogP contribution in [-0.2, 0) is 0 Å². The van der Waals surface area contributed by atoms with Gasteiger partial charge in [0.25, 0.3) is 0 Å². The smallest absolute Gasteiger partial charge is 0.00697 e. The Morgan fingerprint density at radius 3 is 2.35 bits per heavy atom. The molecule has 102 valence electrons. The highest BCUT2D eigenvalue weighted by molar-refractivity contribution is 4.77. The lowest BCUT2D eigenvalue weighted by molar-refractivity contribution is 0.280. The predicted octanol–water partition coefficient (Wildman–Crippen LogP) is 4.91. The van der Waals surface area contributed by atoms with Gasteiger partial charge in [-0.25, -0.2) is 0 Å². The van der Waals surface area contributed by atoms with Crippen LogP contribution in [0.5, 0.6) is 0 Å². The summed E-state index contributed by atoms with van der Waals surface area (Å²) in [5.41, 5.74) is 0. The second-order valence-electron chi connectivity index (χ2n) is 5.86. The molecule has 2 unspecified atom stereocenters. The molecule has 1 nitrogen and oxygen atoms in total. The van der Waals surface area contributed by atoms with Gasteiger partial charge in [0.1, 0.15) is 0 Å². The van der Waals surface area contributed by atoms with Crippen molar-refractivity contribution < 1.29 is 0 Å². The summed E-state index contributed by atoms with van der Waals surface area (Å²) in [6.45, 7) is 5.90. The van der Waals surface area contributed by atoms with Gasteiger partial charge < -0.3 is 5.32 Å². The fraction of sp³-hybridized carbons (Fsp3) is 1.00. The maximum Gasteiger partial charge on any atom is 0.00697 e. The SMILES string of the molecule is CCCCCCCCCC1CC(CC)CCN1. The molecule has 0 saturated carbocycles. The first-order valence-electron chi connectivity index (χ1n) is 8.10. The van der Waals surface area contributed by atoms with Crippen molar-refractivity contribution in [2.75, 3.05) is 6.54 Å². The van der Waals surface area contributed by atoms with Crippen LogP contribution in [0.25, 0.3) is 0 Å². The number of hydrogen-bond donors (Lipinski definition) is 1. The molecule has 0 spiro atoms. The summed E-state index contributed by atoms with van der Waals surface area (Å²) in [4.78, 5) is 0. The Morgan fingerprint density at radius 2 is 1.65 bits per heavy atom. The largest absolute Gasteiger partial charge is 0.314 e. The van der Waals surface area contributed by atoms with Crippen molar-refractivity contribution in [3.63, 3.8) is 0 Å². The molecule has 1 heteroatoms. The van der Waals surface area contributed by atoms with Gasteiger partial charge in [-0.15, -0.1) is 0 Å². The molecule has 0 aromatic carbocycles. The van der Waals surface area contributed by atoms with E-state index in [1.807, 2.05) is 0 Å². The predicted molar refractivity (Wildman–Crippen MR) is 77.4 cm³/mol. The first-order valence-corrected chi connectivity index (χ1v) is 8.10. The van der Waals surface area contributed by atoms with Crippen molar-refractivity contribution in [3.05, 3.63) is 0 Å². The summed E-state index contributed by atoms with van der Waals surface area (Å²) in [6, 6.07) is 0.837. The third-order valence-electron chi connectivity index (χ3n) is 4.34. The third-order valence-corrected chi connectivity index (χ3v) is 4.34. The average Bonchev–Trinajstić information content (AvgIpc) is 2.38. The lowest BCUT2D eigenvalue weighted by atomic mass is 9.88. The molecule has 0 aliphatic carbocycles. The van der Waals surface area contributed by atoms with Gasteiger partial charge in [-0.05, 0) is 31.7 Å². The van der Waals surface area contributed by atoms with Crippen molar-refractivity contribution in [1.82, 2.24) is 5.32 Å². The molecular weight excluding hydrogens is 206 g/mol. The zero-order valence-corrected chi connectivity index (χ0v) is 12.1. The van der Waals surface area contributed by atoms with Crippen LogP contribution in [0.3, 0.4) is 0 Å². The van der Waals surface area contributed by atoms with E-state index in [-0.39, 0.29) is 0 Å². The molecule has 17 heavy (non-hydrogen) atoms. The molecule has 0 aromatic heterocycles. The number of nitrogens with one attached hydrogen (secondary N) is 1. The van der Waals surface area contributed by atoms with Gasteiger partial charge in [-0.2, -0.15) is 0 Å². The van der Waals surface area contributed by atoms with Gasteiger partial charge in [-0.1, -0.05) is 65.2 Å². The minimum absolute atomic E-state index is 0.837. The van der Waals surface area contributed by atoms with Crippen LogP contribution < -0.4 is 5.32 Å². The average molecular weight is 239 g/mol. The first kappa shape index (κ1) is 15.0. The zero-order chi connectivity index (χ0) is 12.3. The van der Waals surface area contributed by atoms with E-state index in [4.69, 9.17) is 0 Å². The van der Waals surface area contributed by atoms with E-state index in [1.165, 1.54) is 77.2 Å². The maximum absolute atomic E-state index is 3.69. The van der Waals surface area contributed by atoms with Gasteiger partial charge in [0.15, 0.2) is 0 Å². The Labute approximate surface area is 109 Å². The molecule has 1 aliphatic heterocycles. The van der Waals surface area contributed by atoms with E-state index in [0.717, 1.165) is 12.0 Å². The van der Waals surface area contributed by atoms with E-state index in [9.17, 15) is 0 Å². The lowest BCUT2D eigenvalue weighted by Crippen LogP contribution is -2.37. The standard InChI is InChI=1S/C16H33N/c1-3-5-6-7-8-9-10-11-16-14-15(4-2)12-13-17-16/h15-17H,3-14H2,1-2H3. The monoisotopic (exact) mass is 239 g/mol. The Kier molecular flexibility index (Phi) is 8.78. The van der Waals surface area contributed by atoms with E-state index in [0.29, 0.717) is 0 Å². The van der Waals surface area contributed by atoms with Crippen LogP contribution in [0.2, 0.25) is 0 Å². The maximum atomic E-state index is 3.69. The highest BCUT2D eigenvalue weighted by Gasteiger charge is 2.19. The first-order chi connectivity index (χ1) is 8.36. The molecular formula is C16H33N. The third kappa shape index (κ3) is 7.08. The summed E-state index contributed by atoms with van der Waals surface area (Å²) >= 11 is 0. The highest BCUT2D eigenvalue weighted by Crippen LogP contribution is 2.22. The Bertz CT molecular complexity index is 167. The van der Waals surface area contributed by atoms with Crippen LogP contribution in [0.15, 0.2) is 0 Å². The molecule has 1 rings (SSSR count). The number of hydrogen-bond acceptors (Lipinski definition) is 1. The molecule has 0 bridgehead atoms. The van der Waals surface area contributed by atoms with Crippen molar-refractivity contribution in [2.45, 2.75) is 90.5 Å². The number of rotatable bonds is 9. The molecule has 1 aliphatic rings. The molecule has 1 saturated heterocycles. The summed E-state index contributed by atoms with van der Waals surface area (Å²) in [5.74, 6) is 1.01. The molecule has 0 aromatic rings. The topological polar surface area (TPSA) is 12.0 Å². The van der Waals surface area contributed by atoms with E-state index >= 15 is 0 Å². The van der Waals surface area contributed by atoms with Crippen LogP contribution in [0.1, 0.15) is 84.5 Å². The molecule has 1 N–H and O–H groups in total. The lowest BCUT2D eigenvalue weighted by Gasteiger charge is -2.29. The molecule has 0 amide bonds. The molecule has 2 atom stereocenters. The second kappa shape index (κ2) is 9.94. The van der Waals surface area contributed by atoms with E-state index in [2.05, 4.69) is 19.2 Å². The van der Waals surface area contributed by atoms with Crippen molar-refractivity contribution in [2.24, 2.45) is 5.92 Å². The van der Waals surface area contributed by atoms with Crippen molar-refractivity contribution in [1.29, 1.82) is 0 Å². The minimum Gasteiger partial charge on any atom is -0.314 e. The van der Waals surface area contributed by atoms with Gasteiger partial charge in [0, 0.05) is 6.04 Å². The van der Waals surface area contributed by atoms with Crippen molar-refractivity contribution in [3.8, 4) is 0 Å². The van der Waals surface area contributed by atoms with Crippen LogP contribution in [-0.4, -0.2) is 12.6 Å². The van der Waals surface area contributed by atoms with E-state index in [1.54, 1.807) is 0 Å². The highest BCUT2D eigenvalue weighted by atomic mass is 14.9. The second-order valence-corrected chi connectivity index (χ2v) is 5.86. The summed E-state index contributed by atoms with van der Waals surface area (Å²) < 4.78 is 0. The van der Waals surface area contributed by atoms with Crippen LogP contribution in [0, 0.1) is 5.92 Å². The van der Waals surface area contributed by atoms with Gasteiger partial charge in [0.2, 0.25) is 0 Å². The van der Waals surface area contributed by atoms with Crippen LogP contribution >= 0.6 is 0 Å². The quantitative estimate of drug-likeness (QED) is 0.564. The summed E-state index contributed by atoms with van der Waals surface area (Å²) in [7, 11) is 0. The molecule has 0 radical (unpaired) electrons. The fourth-order valence-corrected chi connectivity index (χ4v) is 3.03. The van der Waals surface area contributed by atoms with Gasteiger partial charge in [0.05, 0.1) is 0 Å². The zero-order valence-electron chi connectivity index (χ0n) is 12.1. The van der Waals surface area contributed by atoms with Crippen molar-refractivity contribution >= 4 is 0 Å². The number of piperidine rings is 1. The Hall–Kier alpha value is -0.0400. The number of unbranched alkanes of at least 4 members (excludes halogenated alkanes) is 6. The molecule has 1 heterocycles. The molecule has 1 fully saturated rings. The Morgan fingerprint density at radius 1 is 0.941 bits per heavy atom. The van der Waals surface area contributed by atoms with E-state index < -0.39 is 0 Å². The van der Waals surface area contributed by atoms with Gasteiger partial charge >= 0.3 is 0 Å². The normalized spacial score (nSPS) is 25.1. The summed E-state index contributed by atoms with van der Waals surface area (Å²) in [5, 5.41) is 3.69. The summed E-state index contributed by atoms with van der Waals surface area (Å²) in [6.07, 6.45) is 15.7. The fourth-order valence-electron chi connectivity index (χ4n) is 3.03.